The lowest BCUT2D eigenvalue weighted by Crippen LogP contribution is -2.45. The Morgan fingerprint density at radius 1 is 0.475 bits per heavy atom. The summed E-state index contributed by atoms with van der Waals surface area (Å²) in [6.45, 7) is 29.6. The van der Waals surface area contributed by atoms with E-state index in [1.807, 2.05) is 75.4 Å². The van der Waals surface area contributed by atoms with Gasteiger partial charge in [-0.1, -0.05) is 114 Å². The second-order valence-electron chi connectivity index (χ2n) is 31.6. The van der Waals surface area contributed by atoms with Gasteiger partial charge in [0.05, 0.1) is 126 Å². The number of nitrogens with one attached hydrogen (secondary N) is 5. The van der Waals surface area contributed by atoms with E-state index in [1.54, 1.807) is 87.7 Å². The normalized spacial score (nSPS) is 18.3. The van der Waals surface area contributed by atoms with Crippen LogP contribution in [0.2, 0.25) is 30.1 Å². The van der Waals surface area contributed by atoms with Crippen molar-refractivity contribution in [1.29, 1.82) is 0 Å². The smallest absolute Gasteiger partial charge is 0.410 e. The summed E-state index contributed by atoms with van der Waals surface area (Å²) in [4.78, 5) is 96.2. The quantitative estimate of drug-likeness (QED) is 0.0202. The van der Waals surface area contributed by atoms with Crippen LogP contribution in [0.5, 0.6) is 34.5 Å². The molecule has 33 heteroatoms. The summed E-state index contributed by atoms with van der Waals surface area (Å²) in [5.74, 6) is 3.32. The van der Waals surface area contributed by atoms with Crippen LogP contribution in [0, 0.1) is 11.8 Å². The van der Waals surface area contributed by atoms with Crippen molar-refractivity contribution in [2.24, 2.45) is 11.8 Å². The number of methoxy groups -OCH3 is 6. The maximum absolute atomic E-state index is 13.0. The summed E-state index contributed by atoms with van der Waals surface area (Å²) < 4.78 is 43.7. The molecule has 1 saturated carbocycles. The number of anilines is 2. The molecule has 6 aromatic carbocycles. The fourth-order valence-corrected chi connectivity index (χ4v) is 17.1. The van der Waals surface area contributed by atoms with Crippen LogP contribution >= 0.6 is 69.6 Å². The first-order valence-electron chi connectivity index (χ1n) is 39.5. The van der Waals surface area contributed by atoms with Gasteiger partial charge in [-0.15, -0.1) is 0 Å². The number of rotatable bonds is 25. The second kappa shape index (κ2) is 40.6. The molecule has 0 bridgehead atoms. The zero-order valence-corrected chi connectivity index (χ0v) is 74.6. The van der Waals surface area contributed by atoms with Gasteiger partial charge in [-0.2, -0.15) is 0 Å². The minimum Gasteiger partial charge on any atom is -0.495 e. The van der Waals surface area contributed by atoms with Crippen molar-refractivity contribution >= 4 is 144 Å². The summed E-state index contributed by atoms with van der Waals surface area (Å²) >= 11 is 39.7. The minimum atomic E-state index is -0.646. The molecule has 3 aromatic heterocycles. The highest BCUT2D eigenvalue weighted by Crippen LogP contribution is 2.50. The minimum absolute atomic E-state index is 0.0486. The van der Waals surface area contributed by atoms with Gasteiger partial charge in [-0.05, 0) is 164 Å². The number of amides is 4. The van der Waals surface area contributed by atoms with Crippen LogP contribution < -0.4 is 55.0 Å². The number of aromatic nitrogens is 6. The molecule has 9 aromatic rings. The van der Waals surface area contributed by atoms with E-state index in [0.717, 1.165) is 82.8 Å². The first kappa shape index (κ1) is 92.1. The predicted molar refractivity (Wildman–Crippen MR) is 480 cm³/mol. The summed E-state index contributed by atoms with van der Waals surface area (Å²) in [5, 5.41) is 20.5. The number of carbonyl (C=O) groups is 5. The van der Waals surface area contributed by atoms with Crippen molar-refractivity contribution in [2.75, 3.05) is 99.1 Å². The molecule has 0 radical (unpaired) electrons. The molecule has 7 atom stereocenters. The van der Waals surface area contributed by atoms with Crippen molar-refractivity contribution in [3.63, 3.8) is 0 Å². The van der Waals surface area contributed by atoms with Gasteiger partial charge in [-0.3, -0.25) is 24.1 Å². The van der Waals surface area contributed by atoms with Crippen molar-refractivity contribution in [3.8, 4) is 67.9 Å². The third-order valence-electron chi connectivity index (χ3n) is 21.0. The van der Waals surface area contributed by atoms with E-state index in [4.69, 9.17) is 122 Å². The van der Waals surface area contributed by atoms with Gasteiger partial charge in [0, 0.05) is 114 Å². The van der Waals surface area contributed by atoms with Crippen molar-refractivity contribution in [1.82, 2.24) is 60.6 Å². The van der Waals surface area contributed by atoms with Gasteiger partial charge in [0.1, 0.15) is 51.5 Å². The number of fused-ring (bicyclic) bond motifs is 3. The fourth-order valence-electron chi connectivity index (χ4n) is 15.0. The van der Waals surface area contributed by atoms with Crippen molar-refractivity contribution in [2.45, 2.75) is 121 Å². The van der Waals surface area contributed by atoms with Crippen LogP contribution in [-0.2, 0) is 35.1 Å². The van der Waals surface area contributed by atoms with Gasteiger partial charge in [-0.25, -0.2) is 34.7 Å². The first-order chi connectivity index (χ1) is 58.2. The second-order valence-corrected chi connectivity index (χ2v) is 33.9. The number of likely N-dealkylation sites (tertiary alicyclic amines) is 3. The van der Waals surface area contributed by atoms with E-state index in [1.165, 1.54) is 40.6 Å². The number of halogens is 6. The van der Waals surface area contributed by atoms with E-state index >= 15 is 0 Å². The van der Waals surface area contributed by atoms with Crippen LogP contribution in [0.1, 0.15) is 79.5 Å². The lowest BCUT2D eigenvalue weighted by molar-refractivity contribution is -0.162. The monoisotopic (exact) mass is 1780 g/mol. The Morgan fingerprint density at radius 3 is 1.25 bits per heavy atom. The van der Waals surface area contributed by atoms with E-state index in [0.29, 0.717) is 143 Å². The molecule has 4 aliphatic rings. The Kier molecular flexibility index (Phi) is 30.6. The van der Waals surface area contributed by atoms with E-state index in [2.05, 4.69) is 72.8 Å². The number of hydrogen-bond donors (Lipinski definition) is 5. The molecule has 4 fully saturated rings. The Hall–Kier alpha value is -10.7. The third-order valence-corrected chi connectivity index (χ3v) is 23.3. The van der Waals surface area contributed by atoms with E-state index in [9.17, 15) is 24.0 Å². The van der Waals surface area contributed by atoms with Crippen LogP contribution in [-0.4, -0.2) is 204 Å². The number of allylic oxidation sites excluding steroid dienone is 1. The lowest BCUT2D eigenvalue weighted by Gasteiger charge is -2.37. The summed E-state index contributed by atoms with van der Waals surface area (Å²) in [6, 6.07) is 20.6. The summed E-state index contributed by atoms with van der Waals surface area (Å²) in [6.07, 6.45) is 13.9. The molecular formula is C89H100Cl6N14O13. The van der Waals surface area contributed by atoms with Gasteiger partial charge < -0.3 is 74.3 Å². The van der Waals surface area contributed by atoms with E-state index < -0.39 is 23.3 Å². The van der Waals surface area contributed by atoms with E-state index in [-0.39, 0.29) is 72.8 Å². The molecule has 3 saturated heterocycles. The van der Waals surface area contributed by atoms with Gasteiger partial charge in [0.25, 0.3) is 0 Å². The molecule has 646 valence electrons. The standard InChI is InChI=1S/C32H37Cl2N3O4.C29H32Cl2N6O4.C28H31Cl2N5O5/c1-8-18(2)36-23-12-10-20(31(38)41-32(3,4)5)14-21(23)15-27-35-17-22-13-19(9-11-24(22)37-27)28-29(33)25(39-6)16-26(40-7)30(28)34;1-4-24(38)33-20-14-37(25(39)16-36-9-5-6-10-36)15-21(20)35-29-32-13-18-11-17(7-8-19(18)34-29)26-27(30)22(40-2)12-23(41-3)28(26)31;1-7-22(36)32-18-13-35(27(37)40-28(2,3)4)14-19(18)34-26-31-12-16-10-15(8-9-17(16)33-26)23-24(29)20(38-5)11-21(39-6)25(23)30/h8-9,11,13,16-17,20-21,23,36H,1-2,10,12,14-15H2,3-7H3;4,7-8,11-13,20-21H,1,5-6,9-10,14-16H2,2-3H3,(H,33,38)(H,32,34,35);7-12,18-19H,1,13-14H2,2-6H3,(H,32,36)(H,31,33,34)/t20?,21-,23-;20-,21+;/m00./s1. The summed E-state index contributed by atoms with van der Waals surface area (Å²) in [7, 11) is 9.19. The molecule has 0 spiro atoms. The lowest BCUT2D eigenvalue weighted by atomic mass is 9.76. The fraction of sp³-hybridized carbons (Fsp3) is 0.382. The number of ether oxygens (including phenoxy) is 8. The predicted octanol–water partition coefficient (Wildman–Crippen LogP) is 16.9. The number of carbonyl (C=O) groups excluding carboxylic acids is 5. The van der Waals surface area contributed by atoms with Crippen LogP contribution in [0.25, 0.3) is 66.1 Å². The Morgan fingerprint density at radius 2 is 0.861 bits per heavy atom. The first-order valence-corrected chi connectivity index (χ1v) is 41.7. The molecule has 3 aliphatic heterocycles. The summed E-state index contributed by atoms with van der Waals surface area (Å²) in [5.41, 5.74) is 5.78. The Balaban J connectivity index is 0.000000179. The van der Waals surface area contributed by atoms with Gasteiger partial charge in [0.2, 0.25) is 29.6 Å². The zero-order chi connectivity index (χ0) is 88.2. The number of nitrogens with zero attached hydrogens (tertiary/aromatic N) is 9. The molecule has 122 heavy (non-hydrogen) atoms. The van der Waals surface area contributed by atoms with Crippen LogP contribution in [0.4, 0.5) is 16.7 Å². The third kappa shape index (κ3) is 22.4. The topological polar surface area (TPSA) is 306 Å². The highest BCUT2D eigenvalue weighted by Gasteiger charge is 2.41. The highest BCUT2D eigenvalue weighted by molar-refractivity contribution is 6.42. The number of benzene rings is 6. The maximum Gasteiger partial charge on any atom is 0.410 e. The van der Waals surface area contributed by atoms with Crippen LogP contribution in [0.15, 0.2) is 142 Å². The maximum atomic E-state index is 13.0. The van der Waals surface area contributed by atoms with Gasteiger partial charge in [0.15, 0.2) is 0 Å². The molecule has 27 nitrogen and oxygen atoms in total. The molecular weight excluding hydrogens is 1690 g/mol. The molecule has 4 amide bonds. The highest BCUT2D eigenvalue weighted by atomic mass is 35.5. The molecule has 1 aliphatic carbocycles. The molecule has 6 heterocycles. The Labute approximate surface area is 739 Å². The zero-order valence-electron chi connectivity index (χ0n) is 70.1. The largest absolute Gasteiger partial charge is 0.495 e. The SMILES string of the molecule is C=CC(=C)N[C@H]1CCC(C(=O)OC(C)(C)C)C[C@H]1Cc1ncc2cc(-c3c(Cl)c(OC)cc(OC)c3Cl)ccc2n1.C=CC(=O)NC1CN(C(=O)OC(C)(C)C)CC1Nc1ncc2cc(-c3c(Cl)c(OC)cc(OC)c3Cl)ccc2n1.C=CC(=O)N[C@H]1CN(C(=O)CN2CCCC2)C[C@H]1Nc1ncc2cc(-c3c(Cl)c(OC)cc(OC)c3Cl)ccc2n1. The van der Waals surface area contributed by atoms with Crippen molar-refractivity contribution in [3.05, 3.63) is 178 Å². The molecule has 3 unspecified atom stereocenters. The molecule has 13 rings (SSSR count). The van der Waals surface area contributed by atoms with Gasteiger partial charge >= 0.3 is 12.1 Å². The average Bonchev–Trinajstić information content (AvgIpc) is 0.946. The Bertz CT molecular complexity index is 5370. The van der Waals surface area contributed by atoms with Crippen molar-refractivity contribution < 1.29 is 61.9 Å². The number of esters is 1. The van der Waals surface area contributed by atoms with Crippen LogP contribution in [0.3, 0.4) is 0 Å². The number of hydrogen-bond acceptors (Lipinski definition) is 23. The average molecular weight is 1790 g/mol. The molecule has 5 N–H and O–H groups in total.